The van der Waals surface area contributed by atoms with Crippen LogP contribution in [-0.2, 0) is 9.59 Å². The number of nitrogens with one attached hydrogen (secondary N) is 2. The number of rotatable bonds is 3. The fourth-order valence-electron chi connectivity index (χ4n) is 1.58. The van der Waals surface area contributed by atoms with E-state index in [1.165, 1.54) is 24.3 Å². The van der Waals surface area contributed by atoms with Crippen molar-refractivity contribution in [3.05, 3.63) is 30.1 Å². The van der Waals surface area contributed by atoms with E-state index in [1.54, 1.807) is 0 Å². The normalized spacial score (nSPS) is 22.4. The number of carbonyl (C=O) groups excluding carboxylic acids is 2. The third kappa shape index (κ3) is 2.57. The molecule has 1 aromatic rings. The zero-order chi connectivity index (χ0) is 13.1. The molecule has 2 rings (SSSR count). The molecular formula is C11H11FN2O4. The van der Waals surface area contributed by atoms with Gasteiger partial charge in [-0.25, -0.2) is 4.39 Å². The number of carbonyl (C=O) groups is 2. The lowest BCUT2D eigenvalue weighted by Crippen LogP contribution is -2.40. The summed E-state index contributed by atoms with van der Waals surface area (Å²) in [6, 6.07) is 4.97. The summed E-state index contributed by atoms with van der Waals surface area (Å²) >= 11 is 0. The summed E-state index contributed by atoms with van der Waals surface area (Å²) in [4.78, 5) is 27.7. The molecule has 0 aromatic heterocycles. The maximum atomic E-state index is 12.6. The molecule has 2 amide bonds. The van der Waals surface area contributed by atoms with Crippen molar-refractivity contribution >= 4 is 11.8 Å². The van der Waals surface area contributed by atoms with Gasteiger partial charge in [0, 0.05) is 6.54 Å². The molecule has 0 saturated carbocycles. The Morgan fingerprint density at radius 1 is 1.44 bits per heavy atom. The molecule has 6 nitrogen and oxygen atoms in total. The molecule has 1 saturated heterocycles. The molecule has 1 fully saturated rings. The highest BCUT2D eigenvalue weighted by Gasteiger charge is 2.39. The second-order valence-corrected chi connectivity index (χ2v) is 3.81. The van der Waals surface area contributed by atoms with Crippen LogP contribution in [0.25, 0.3) is 0 Å². The Morgan fingerprint density at radius 3 is 2.67 bits per heavy atom. The summed E-state index contributed by atoms with van der Waals surface area (Å²) in [6.45, 7) is 0.0352. The van der Waals surface area contributed by atoms with Crippen LogP contribution in [0.5, 0.6) is 5.75 Å². The van der Waals surface area contributed by atoms with E-state index in [0.717, 1.165) is 0 Å². The highest BCUT2D eigenvalue weighted by molar-refractivity contribution is 6.02. The molecule has 1 aliphatic heterocycles. The fourth-order valence-corrected chi connectivity index (χ4v) is 1.58. The first-order chi connectivity index (χ1) is 8.58. The molecule has 0 spiro atoms. The molecule has 1 aliphatic rings. The van der Waals surface area contributed by atoms with Crippen molar-refractivity contribution in [3.8, 4) is 5.75 Å². The van der Waals surface area contributed by atoms with Crippen LogP contribution in [0, 0.1) is 11.7 Å². The second kappa shape index (κ2) is 5.01. The minimum Gasteiger partial charge on any atom is -0.390 e. The van der Waals surface area contributed by atoms with Gasteiger partial charge in [0.05, 0.1) is 6.10 Å². The van der Waals surface area contributed by atoms with Crippen molar-refractivity contribution in [2.24, 2.45) is 5.92 Å². The van der Waals surface area contributed by atoms with Gasteiger partial charge in [-0.1, -0.05) is 0 Å². The summed E-state index contributed by atoms with van der Waals surface area (Å²) in [7, 11) is 0. The third-order valence-electron chi connectivity index (χ3n) is 2.52. The molecule has 3 N–H and O–H groups in total. The zero-order valence-electron chi connectivity index (χ0n) is 9.22. The largest absolute Gasteiger partial charge is 0.390 e. The molecule has 1 aromatic carbocycles. The summed E-state index contributed by atoms with van der Waals surface area (Å²) in [6.07, 6.45) is -1.07. The Kier molecular flexibility index (Phi) is 3.42. The van der Waals surface area contributed by atoms with E-state index in [-0.39, 0.29) is 12.3 Å². The van der Waals surface area contributed by atoms with Crippen molar-refractivity contribution in [2.45, 2.75) is 6.10 Å². The predicted octanol–water partition coefficient (Wildman–Crippen LogP) is -0.657. The zero-order valence-corrected chi connectivity index (χ0v) is 9.22. The minimum absolute atomic E-state index is 0.0352. The number of aliphatic hydroxyl groups is 1. The summed E-state index contributed by atoms with van der Waals surface area (Å²) in [5.74, 6) is -2.70. The highest BCUT2D eigenvalue weighted by atomic mass is 19.1. The van der Waals surface area contributed by atoms with E-state index in [9.17, 15) is 19.1 Å². The van der Waals surface area contributed by atoms with E-state index in [4.69, 9.17) is 4.84 Å². The Balaban J connectivity index is 1.92. The predicted molar refractivity (Wildman–Crippen MR) is 57.7 cm³/mol. The van der Waals surface area contributed by atoms with Gasteiger partial charge in [-0.3, -0.25) is 9.59 Å². The SMILES string of the molecule is O=C1NCC(O)C1C(=O)NOc1ccc(F)cc1. The number of benzene rings is 1. The van der Waals surface area contributed by atoms with Gasteiger partial charge in [0.15, 0.2) is 5.75 Å². The molecule has 1 heterocycles. The van der Waals surface area contributed by atoms with Crippen molar-refractivity contribution in [1.82, 2.24) is 10.8 Å². The van der Waals surface area contributed by atoms with Crippen molar-refractivity contribution in [1.29, 1.82) is 0 Å². The quantitative estimate of drug-likeness (QED) is 0.493. The Bertz CT molecular complexity index is 463. The van der Waals surface area contributed by atoms with Gasteiger partial charge in [-0.2, -0.15) is 5.48 Å². The molecule has 2 unspecified atom stereocenters. The number of amides is 2. The third-order valence-corrected chi connectivity index (χ3v) is 2.52. The average Bonchev–Trinajstić information content (AvgIpc) is 2.68. The number of hydrogen-bond acceptors (Lipinski definition) is 4. The van der Waals surface area contributed by atoms with Crippen molar-refractivity contribution < 1.29 is 23.9 Å². The van der Waals surface area contributed by atoms with Gasteiger partial charge < -0.3 is 15.3 Å². The van der Waals surface area contributed by atoms with E-state index in [2.05, 4.69) is 5.32 Å². The Labute approximate surface area is 102 Å². The van der Waals surface area contributed by atoms with Crippen molar-refractivity contribution in [2.75, 3.05) is 6.54 Å². The van der Waals surface area contributed by atoms with Crippen LogP contribution in [0.2, 0.25) is 0 Å². The van der Waals surface area contributed by atoms with Crippen LogP contribution in [0.3, 0.4) is 0 Å². The van der Waals surface area contributed by atoms with E-state index in [0.29, 0.717) is 0 Å². The van der Waals surface area contributed by atoms with Gasteiger partial charge in [-0.05, 0) is 24.3 Å². The van der Waals surface area contributed by atoms with Crippen LogP contribution in [-0.4, -0.2) is 29.6 Å². The van der Waals surface area contributed by atoms with Gasteiger partial charge >= 0.3 is 0 Å². The first-order valence-electron chi connectivity index (χ1n) is 5.26. The first-order valence-corrected chi connectivity index (χ1v) is 5.26. The maximum Gasteiger partial charge on any atom is 0.267 e. The molecule has 7 heteroatoms. The van der Waals surface area contributed by atoms with Crippen LogP contribution in [0.1, 0.15) is 0 Å². The van der Waals surface area contributed by atoms with Crippen molar-refractivity contribution in [3.63, 3.8) is 0 Å². The van der Waals surface area contributed by atoms with Crippen LogP contribution in [0.4, 0.5) is 4.39 Å². The Morgan fingerprint density at radius 2 is 2.11 bits per heavy atom. The average molecular weight is 254 g/mol. The fraction of sp³-hybridized carbons (Fsp3) is 0.273. The summed E-state index contributed by atoms with van der Waals surface area (Å²) in [5, 5.41) is 11.8. The number of hydrogen-bond donors (Lipinski definition) is 3. The minimum atomic E-state index is -1.19. The smallest absolute Gasteiger partial charge is 0.267 e. The topological polar surface area (TPSA) is 87.7 Å². The van der Waals surface area contributed by atoms with E-state index < -0.39 is 29.7 Å². The number of β-amino-alcohol motifs (C(OH)–C–C–N with tert-alkyl or cyclic N) is 1. The highest BCUT2D eigenvalue weighted by Crippen LogP contribution is 2.12. The monoisotopic (exact) mass is 254 g/mol. The number of hydroxylamine groups is 1. The number of halogens is 1. The second-order valence-electron chi connectivity index (χ2n) is 3.81. The maximum absolute atomic E-state index is 12.6. The van der Waals surface area contributed by atoms with Crippen LogP contribution < -0.4 is 15.6 Å². The summed E-state index contributed by atoms with van der Waals surface area (Å²) in [5.41, 5.74) is 2.04. The summed E-state index contributed by atoms with van der Waals surface area (Å²) < 4.78 is 12.6. The standard InChI is InChI=1S/C11H11FN2O4/c12-6-1-3-7(4-2-6)18-14-11(17)9-8(15)5-13-10(9)16/h1-4,8-9,15H,5H2,(H,13,16)(H,14,17). The number of aliphatic hydroxyl groups excluding tert-OH is 1. The molecule has 18 heavy (non-hydrogen) atoms. The molecule has 0 radical (unpaired) electrons. The lowest BCUT2D eigenvalue weighted by molar-refractivity contribution is -0.140. The molecule has 0 bridgehead atoms. The van der Waals surface area contributed by atoms with Gasteiger partial charge in [0.1, 0.15) is 11.7 Å². The first kappa shape index (κ1) is 12.3. The molecule has 0 aliphatic carbocycles. The van der Waals surface area contributed by atoms with Gasteiger partial charge in [0.25, 0.3) is 5.91 Å². The van der Waals surface area contributed by atoms with Crippen LogP contribution in [0.15, 0.2) is 24.3 Å². The lowest BCUT2D eigenvalue weighted by atomic mass is 10.1. The molecule has 2 atom stereocenters. The van der Waals surface area contributed by atoms with Gasteiger partial charge in [0.2, 0.25) is 5.91 Å². The van der Waals surface area contributed by atoms with E-state index >= 15 is 0 Å². The Hall–Kier alpha value is -2.15. The van der Waals surface area contributed by atoms with Crippen LogP contribution >= 0.6 is 0 Å². The van der Waals surface area contributed by atoms with Gasteiger partial charge in [-0.15, -0.1) is 0 Å². The lowest BCUT2D eigenvalue weighted by Gasteiger charge is -2.12. The molecular weight excluding hydrogens is 243 g/mol. The molecule has 96 valence electrons. The van der Waals surface area contributed by atoms with E-state index in [1.807, 2.05) is 5.48 Å².